The zero-order chi connectivity index (χ0) is 24.5. The topological polar surface area (TPSA) is 119 Å². The SMILES string of the molecule is CNC(=O)c1ccc([C@@H](C)Nc2ncc(C#N)c(-c3c[nH]c4ncc(C(F)(F)F)cc34)n2)cc1. The van der Waals surface area contributed by atoms with Crippen molar-refractivity contribution in [2.75, 3.05) is 12.4 Å². The number of halogens is 3. The second-order valence-electron chi connectivity index (χ2n) is 7.46. The Labute approximate surface area is 191 Å². The maximum absolute atomic E-state index is 13.2. The van der Waals surface area contributed by atoms with Crippen molar-refractivity contribution in [3.8, 4) is 17.3 Å². The Bertz CT molecular complexity index is 1410. The van der Waals surface area contributed by atoms with Crippen molar-refractivity contribution in [2.24, 2.45) is 0 Å². The maximum atomic E-state index is 13.2. The van der Waals surface area contributed by atoms with Crippen LogP contribution in [0.5, 0.6) is 0 Å². The molecule has 172 valence electrons. The third-order valence-electron chi connectivity index (χ3n) is 5.27. The molecule has 4 rings (SSSR count). The third kappa shape index (κ3) is 4.38. The molecular formula is C23H18F3N7O. The lowest BCUT2D eigenvalue weighted by Crippen LogP contribution is -2.18. The number of aromatic amines is 1. The number of anilines is 1. The van der Waals surface area contributed by atoms with Crippen molar-refractivity contribution in [3.63, 3.8) is 0 Å². The molecule has 0 bridgehead atoms. The average molecular weight is 465 g/mol. The number of aromatic nitrogens is 4. The zero-order valence-electron chi connectivity index (χ0n) is 18.0. The summed E-state index contributed by atoms with van der Waals surface area (Å²) in [7, 11) is 1.55. The maximum Gasteiger partial charge on any atom is 0.417 e. The number of alkyl halides is 3. The van der Waals surface area contributed by atoms with E-state index in [0.29, 0.717) is 11.1 Å². The van der Waals surface area contributed by atoms with Gasteiger partial charge in [0, 0.05) is 36.0 Å². The Kier molecular flexibility index (Phi) is 5.89. The van der Waals surface area contributed by atoms with Gasteiger partial charge >= 0.3 is 6.18 Å². The van der Waals surface area contributed by atoms with Gasteiger partial charge in [-0.25, -0.2) is 15.0 Å². The van der Waals surface area contributed by atoms with E-state index in [1.807, 2.05) is 13.0 Å². The number of carbonyl (C=O) groups excluding carboxylic acids is 1. The molecule has 1 atom stereocenters. The van der Waals surface area contributed by atoms with E-state index in [2.05, 4.69) is 30.6 Å². The Morgan fingerprint density at radius 1 is 1.18 bits per heavy atom. The summed E-state index contributed by atoms with van der Waals surface area (Å²) in [6, 6.07) is 9.65. The van der Waals surface area contributed by atoms with E-state index in [9.17, 15) is 23.2 Å². The molecule has 0 aliphatic carbocycles. The van der Waals surface area contributed by atoms with Crippen molar-refractivity contribution >= 4 is 22.9 Å². The van der Waals surface area contributed by atoms with Crippen LogP contribution in [-0.4, -0.2) is 32.9 Å². The number of benzene rings is 1. The van der Waals surface area contributed by atoms with E-state index in [1.54, 1.807) is 31.3 Å². The summed E-state index contributed by atoms with van der Waals surface area (Å²) in [6.45, 7) is 1.86. The molecule has 4 aromatic rings. The fraction of sp³-hybridized carbons (Fsp3) is 0.174. The summed E-state index contributed by atoms with van der Waals surface area (Å²) in [5.74, 6) is -0.0136. The van der Waals surface area contributed by atoms with Gasteiger partial charge in [-0.1, -0.05) is 12.1 Å². The molecular weight excluding hydrogens is 447 g/mol. The number of rotatable bonds is 5. The molecule has 34 heavy (non-hydrogen) atoms. The molecule has 0 saturated heterocycles. The highest BCUT2D eigenvalue weighted by Gasteiger charge is 2.31. The molecule has 1 aromatic carbocycles. The van der Waals surface area contributed by atoms with Gasteiger partial charge in [0.25, 0.3) is 5.91 Å². The zero-order valence-corrected chi connectivity index (χ0v) is 18.0. The van der Waals surface area contributed by atoms with E-state index in [1.165, 1.54) is 12.4 Å². The second kappa shape index (κ2) is 8.82. The van der Waals surface area contributed by atoms with E-state index < -0.39 is 11.7 Å². The third-order valence-corrected chi connectivity index (χ3v) is 5.27. The predicted octanol–water partition coefficient (Wildman–Crippen LogP) is 4.44. The average Bonchev–Trinajstić information content (AvgIpc) is 3.26. The molecule has 3 aromatic heterocycles. The van der Waals surface area contributed by atoms with Gasteiger partial charge in [0.2, 0.25) is 5.95 Å². The van der Waals surface area contributed by atoms with Gasteiger partial charge in [-0.3, -0.25) is 4.79 Å². The van der Waals surface area contributed by atoms with Crippen molar-refractivity contribution < 1.29 is 18.0 Å². The smallest absolute Gasteiger partial charge is 0.355 e. The Hall–Kier alpha value is -4.46. The predicted molar refractivity (Wildman–Crippen MR) is 119 cm³/mol. The minimum absolute atomic E-state index is 0.103. The highest BCUT2D eigenvalue weighted by Crippen LogP contribution is 2.35. The van der Waals surface area contributed by atoms with E-state index >= 15 is 0 Å². The van der Waals surface area contributed by atoms with Crippen LogP contribution in [-0.2, 0) is 6.18 Å². The molecule has 11 heteroatoms. The number of hydrogen-bond acceptors (Lipinski definition) is 6. The largest absolute Gasteiger partial charge is 0.417 e. The van der Waals surface area contributed by atoms with Crippen LogP contribution >= 0.6 is 0 Å². The first-order valence-electron chi connectivity index (χ1n) is 10.1. The number of nitriles is 1. The van der Waals surface area contributed by atoms with Crippen LogP contribution in [0.25, 0.3) is 22.3 Å². The Balaban J connectivity index is 1.68. The number of pyridine rings is 1. The van der Waals surface area contributed by atoms with Gasteiger partial charge < -0.3 is 15.6 Å². The van der Waals surface area contributed by atoms with Crippen LogP contribution in [0.15, 0.2) is 48.9 Å². The van der Waals surface area contributed by atoms with Crippen molar-refractivity contribution in [1.82, 2.24) is 25.3 Å². The Morgan fingerprint density at radius 3 is 2.56 bits per heavy atom. The Morgan fingerprint density at radius 2 is 1.91 bits per heavy atom. The van der Waals surface area contributed by atoms with Crippen LogP contribution in [0, 0.1) is 11.3 Å². The molecule has 3 heterocycles. The highest BCUT2D eigenvalue weighted by molar-refractivity contribution is 5.94. The highest BCUT2D eigenvalue weighted by atomic mass is 19.4. The van der Waals surface area contributed by atoms with Crippen molar-refractivity contribution in [3.05, 3.63) is 71.2 Å². The van der Waals surface area contributed by atoms with Gasteiger partial charge in [-0.15, -0.1) is 0 Å². The lowest BCUT2D eigenvalue weighted by atomic mass is 10.1. The van der Waals surface area contributed by atoms with Gasteiger partial charge in [0.1, 0.15) is 11.7 Å². The molecule has 8 nitrogen and oxygen atoms in total. The number of nitrogens with one attached hydrogen (secondary N) is 3. The lowest BCUT2D eigenvalue weighted by Gasteiger charge is -2.15. The van der Waals surface area contributed by atoms with Crippen molar-refractivity contribution in [1.29, 1.82) is 5.26 Å². The van der Waals surface area contributed by atoms with Crippen LogP contribution in [0.3, 0.4) is 0 Å². The van der Waals surface area contributed by atoms with Crippen LogP contribution in [0.1, 0.15) is 40.0 Å². The molecule has 0 spiro atoms. The minimum atomic E-state index is -4.56. The van der Waals surface area contributed by atoms with Crippen LogP contribution < -0.4 is 10.6 Å². The molecule has 1 amide bonds. The normalized spacial score (nSPS) is 12.2. The van der Waals surface area contributed by atoms with Gasteiger partial charge in [0.15, 0.2) is 0 Å². The molecule has 3 N–H and O–H groups in total. The van der Waals surface area contributed by atoms with Gasteiger partial charge in [0.05, 0.1) is 29.1 Å². The first-order chi connectivity index (χ1) is 16.2. The first kappa shape index (κ1) is 22.7. The summed E-state index contributed by atoms with van der Waals surface area (Å²) < 4.78 is 39.6. The lowest BCUT2D eigenvalue weighted by molar-refractivity contribution is -0.137. The summed E-state index contributed by atoms with van der Waals surface area (Å²) in [6.07, 6.45) is -1.04. The van der Waals surface area contributed by atoms with E-state index in [4.69, 9.17) is 0 Å². The minimum Gasteiger partial charge on any atom is -0.355 e. The summed E-state index contributed by atoms with van der Waals surface area (Å²) in [5.41, 5.74) is 1.29. The molecule has 0 unspecified atom stereocenters. The molecule has 0 radical (unpaired) electrons. The first-order valence-corrected chi connectivity index (χ1v) is 10.1. The van der Waals surface area contributed by atoms with Gasteiger partial charge in [-0.2, -0.15) is 18.4 Å². The summed E-state index contributed by atoms with van der Waals surface area (Å²) in [5, 5.41) is 15.4. The molecule has 0 aliphatic heterocycles. The van der Waals surface area contributed by atoms with Gasteiger partial charge in [-0.05, 0) is 30.7 Å². The fourth-order valence-corrected chi connectivity index (χ4v) is 3.44. The number of hydrogen-bond donors (Lipinski definition) is 3. The number of carbonyl (C=O) groups is 1. The molecule has 0 saturated carbocycles. The summed E-state index contributed by atoms with van der Waals surface area (Å²) in [4.78, 5) is 27.0. The quantitative estimate of drug-likeness (QED) is 0.401. The number of nitrogens with zero attached hydrogens (tertiary/aromatic N) is 4. The molecule has 0 fully saturated rings. The van der Waals surface area contributed by atoms with Crippen LogP contribution in [0.2, 0.25) is 0 Å². The fourth-order valence-electron chi connectivity index (χ4n) is 3.44. The van der Waals surface area contributed by atoms with E-state index in [0.717, 1.165) is 17.8 Å². The second-order valence-corrected chi connectivity index (χ2v) is 7.46. The number of fused-ring (bicyclic) bond motifs is 1. The van der Waals surface area contributed by atoms with Crippen molar-refractivity contribution in [2.45, 2.75) is 19.1 Å². The van der Waals surface area contributed by atoms with E-state index in [-0.39, 0.29) is 40.2 Å². The summed E-state index contributed by atoms with van der Waals surface area (Å²) >= 11 is 0. The monoisotopic (exact) mass is 465 g/mol. The number of amides is 1. The standard InChI is InChI=1S/C23H18F3N7O/c1-12(13-3-5-14(6-4-13)21(34)28-2)32-22-31-9-15(8-27)19(33-22)18-11-30-20-17(18)7-16(10-29-20)23(24,25)26/h3-7,9-12H,1-2H3,(H,28,34)(H,29,30)(H,31,32,33)/t12-/m1/s1. The van der Waals surface area contributed by atoms with Crippen LogP contribution in [0.4, 0.5) is 19.1 Å². The molecule has 0 aliphatic rings. The number of H-pyrrole nitrogens is 1.